The minimum Gasteiger partial charge on any atom is -0.379 e. The van der Waals surface area contributed by atoms with Crippen molar-refractivity contribution < 1.29 is 13.2 Å². The van der Waals surface area contributed by atoms with E-state index in [9.17, 15) is 8.42 Å². The Balaban J connectivity index is 1.41. The summed E-state index contributed by atoms with van der Waals surface area (Å²) in [6.45, 7) is 1.71. The van der Waals surface area contributed by atoms with Crippen LogP contribution < -0.4 is 5.32 Å². The molecular weight excluding hydrogens is 392 g/mol. The Hall–Kier alpha value is -1.20. The van der Waals surface area contributed by atoms with Crippen LogP contribution in [0.5, 0.6) is 0 Å². The molecule has 1 aromatic carbocycles. The Morgan fingerprint density at radius 3 is 2.85 bits per heavy atom. The molecular formula is C16H20N4O3S3. The third-order valence-corrected chi connectivity index (χ3v) is 8.13. The molecule has 7 nitrogen and oxygen atoms in total. The Morgan fingerprint density at radius 2 is 2.08 bits per heavy atom. The summed E-state index contributed by atoms with van der Waals surface area (Å²) in [5, 5.41) is 12.5. The van der Waals surface area contributed by atoms with E-state index in [-0.39, 0.29) is 0 Å². The lowest BCUT2D eigenvalue weighted by molar-refractivity contribution is 0.0730. The van der Waals surface area contributed by atoms with Crippen molar-refractivity contribution >= 4 is 38.3 Å². The van der Waals surface area contributed by atoms with E-state index >= 15 is 0 Å². The molecule has 2 heterocycles. The van der Waals surface area contributed by atoms with E-state index in [1.165, 1.54) is 17.1 Å². The first kappa shape index (κ1) is 18.2. The zero-order chi connectivity index (χ0) is 18.0. The first-order chi connectivity index (χ1) is 12.6. The number of anilines is 1. The van der Waals surface area contributed by atoms with Crippen LogP contribution in [-0.2, 0) is 20.5 Å². The van der Waals surface area contributed by atoms with E-state index in [0.717, 1.165) is 15.0 Å². The van der Waals surface area contributed by atoms with Gasteiger partial charge in [0.2, 0.25) is 15.2 Å². The third kappa shape index (κ3) is 4.37. The molecule has 4 rings (SSSR count). The summed E-state index contributed by atoms with van der Waals surface area (Å²) in [5.41, 5.74) is 0.955. The summed E-state index contributed by atoms with van der Waals surface area (Å²) in [4.78, 5) is 0.339. The SMILES string of the molecule is O=S(=O)(c1cccc(CSc2nnc(NC3CC3)s2)c1)N1CCOCC1. The molecule has 2 aromatic rings. The van der Waals surface area contributed by atoms with Crippen LogP contribution >= 0.6 is 23.1 Å². The molecule has 0 unspecified atom stereocenters. The number of benzene rings is 1. The smallest absolute Gasteiger partial charge is 0.243 e. The number of aromatic nitrogens is 2. The average molecular weight is 413 g/mol. The number of ether oxygens (including phenoxy) is 1. The molecule has 2 fully saturated rings. The number of nitrogens with zero attached hydrogens (tertiary/aromatic N) is 3. The van der Waals surface area contributed by atoms with Gasteiger partial charge >= 0.3 is 0 Å². The molecule has 1 N–H and O–H groups in total. The monoisotopic (exact) mass is 412 g/mol. The number of thioether (sulfide) groups is 1. The van der Waals surface area contributed by atoms with Gasteiger partial charge in [-0.3, -0.25) is 0 Å². The van der Waals surface area contributed by atoms with Crippen LogP contribution in [-0.4, -0.2) is 55.3 Å². The Bertz CT molecular complexity index is 861. The molecule has 0 atom stereocenters. The van der Waals surface area contributed by atoms with Crippen molar-refractivity contribution in [3.63, 3.8) is 0 Å². The Labute approximate surface area is 161 Å². The molecule has 1 saturated heterocycles. The van der Waals surface area contributed by atoms with E-state index in [1.54, 1.807) is 41.3 Å². The topological polar surface area (TPSA) is 84.4 Å². The van der Waals surface area contributed by atoms with Crippen LogP contribution in [0.1, 0.15) is 18.4 Å². The van der Waals surface area contributed by atoms with Crippen LogP contribution in [0.4, 0.5) is 5.13 Å². The van der Waals surface area contributed by atoms with Crippen molar-refractivity contribution in [2.75, 3.05) is 31.6 Å². The van der Waals surface area contributed by atoms with Gasteiger partial charge in [-0.2, -0.15) is 4.31 Å². The first-order valence-corrected chi connectivity index (χ1v) is 11.8. The highest BCUT2D eigenvalue weighted by molar-refractivity contribution is 8.00. The van der Waals surface area contributed by atoms with E-state index in [1.807, 2.05) is 6.07 Å². The quantitative estimate of drug-likeness (QED) is 0.699. The predicted molar refractivity (Wildman–Crippen MR) is 102 cm³/mol. The number of sulfonamides is 1. The van der Waals surface area contributed by atoms with E-state index < -0.39 is 10.0 Å². The summed E-state index contributed by atoms with van der Waals surface area (Å²) in [6.07, 6.45) is 2.40. The maximum atomic E-state index is 12.8. The van der Waals surface area contributed by atoms with Crippen molar-refractivity contribution in [3.05, 3.63) is 29.8 Å². The van der Waals surface area contributed by atoms with Gasteiger partial charge in [-0.25, -0.2) is 8.42 Å². The highest BCUT2D eigenvalue weighted by Gasteiger charge is 2.26. The molecule has 10 heteroatoms. The zero-order valence-electron chi connectivity index (χ0n) is 14.1. The van der Waals surface area contributed by atoms with Gasteiger partial charge in [-0.1, -0.05) is 35.2 Å². The highest BCUT2D eigenvalue weighted by atomic mass is 32.2. The first-order valence-electron chi connectivity index (χ1n) is 8.51. The lowest BCUT2D eigenvalue weighted by Gasteiger charge is -2.26. The lowest BCUT2D eigenvalue weighted by Crippen LogP contribution is -2.40. The number of morpholine rings is 1. The maximum Gasteiger partial charge on any atom is 0.243 e. The zero-order valence-corrected chi connectivity index (χ0v) is 16.6. The van der Waals surface area contributed by atoms with Crippen molar-refractivity contribution in [1.82, 2.24) is 14.5 Å². The molecule has 2 aliphatic rings. The normalized spacial score (nSPS) is 18.8. The van der Waals surface area contributed by atoms with Crippen molar-refractivity contribution in [2.24, 2.45) is 0 Å². The van der Waals surface area contributed by atoms with Gasteiger partial charge in [0, 0.05) is 24.9 Å². The van der Waals surface area contributed by atoms with Crippen molar-refractivity contribution in [2.45, 2.75) is 33.9 Å². The molecule has 0 spiro atoms. The summed E-state index contributed by atoms with van der Waals surface area (Å²) in [7, 11) is -3.46. The molecule has 0 bridgehead atoms. The number of hydrogen-bond acceptors (Lipinski definition) is 8. The van der Waals surface area contributed by atoms with E-state index in [4.69, 9.17) is 4.74 Å². The molecule has 1 saturated carbocycles. The number of nitrogens with one attached hydrogen (secondary N) is 1. The van der Waals surface area contributed by atoms with Crippen LogP contribution in [0.15, 0.2) is 33.5 Å². The Morgan fingerprint density at radius 1 is 1.27 bits per heavy atom. The van der Waals surface area contributed by atoms with E-state index in [0.29, 0.717) is 43.0 Å². The summed E-state index contributed by atoms with van der Waals surface area (Å²) >= 11 is 3.12. The van der Waals surface area contributed by atoms with Gasteiger partial charge in [0.1, 0.15) is 0 Å². The standard InChI is InChI=1S/C16H20N4O3S3/c21-26(22,20-6-8-23-9-7-20)14-3-1-2-12(10-14)11-24-16-19-18-15(25-16)17-13-4-5-13/h1-3,10,13H,4-9,11H2,(H,17,18). The second-order valence-electron chi connectivity index (χ2n) is 6.24. The van der Waals surface area contributed by atoms with Crippen molar-refractivity contribution in [1.29, 1.82) is 0 Å². The third-order valence-electron chi connectivity index (χ3n) is 4.18. The van der Waals surface area contributed by atoms with Crippen molar-refractivity contribution in [3.8, 4) is 0 Å². The van der Waals surface area contributed by atoms with Crippen LogP contribution in [0.2, 0.25) is 0 Å². The largest absolute Gasteiger partial charge is 0.379 e. The summed E-state index contributed by atoms with van der Waals surface area (Å²) in [6, 6.07) is 7.70. The van der Waals surface area contributed by atoms with Gasteiger partial charge in [-0.05, 0) is 30.5 Å². The maximum absolute atomic E-state index is 12.8. The lowest BCUT2D eigenvalue weighted by atomic mass is 10.2. The van der Waals surface area contributed by atoms with Gasteiger partial charge in [0.15, 0.2) is 4.34 Å². The van der Waals surface area contributed by atoms with Crippen LogP contribution in [0.25, 0.3) is 0 Å². The fourth-order valence-corrected chi connectivity index (χ4v) is 5.86. The molecule has 1 aromatic heterocycles. The second-order valence-corrected chi connectivity index (χ2v) is 10.4. The molecule has 1 aliphatic carbocycles. The minimum absolute atomic E-state index is 0.339. The highest BCUT2D eigenvalue weighted by Crippen LogP contribution is 2.32. The predicted octanol–water partition coefficient (Wildman–Crippen LogP) is 2.43. The molecule has 0 amide bonds. The van der Waals surface area contributed by atoms with E-state index in [2.05, 4.69) is 15.5 Å². The number of hydrogen-bond donors (Lipinski definition) is 1. The van der Waals surface area contributed by atoms with Gasteiger partial charge in [-0.15, -0.1) is 10.2 Å². The summed E-state index contributed by atoms with van der Waals surface area (Å²) in [5.74, 6) is 0.657. The second kappa shape index (κ2) is 7.81. The fraction of sp³-hybridized carbons (Fsp3) is 0.500. The molecule has 0 radical (unpaired) electrons. The molecule has 1 aliphatic heterocycles. The van der Waals surface area contributed by atoms with Gasteiger partial charge < -0.3 is 10.1 Å². The van der Waals surface area contributed by atoms with Gasteiger partial charge in [0.25, 0.3) is 0 Å². The fourth-order valence-electron chi connectivity index (χ4n) is 2.61. The number of rotatable bonds is 7. The molecule has 26 heavy (non-hydrogen) atoms. The Kier molecular flexibility index (Phi) is 5.46. The average Bonchev–Trinajstić information content (AvgIpc) is 3.37. The van der Waals surface area contributed by atoms with Crippen LogP contribution in [0, 0.1) is 0 Å². The van der Waals surface area contributed by atoms with Gasteiger partial charge in [0.05, 0.1) is 18.1 Å². The summed E-state index contributed by atoms with van der Waals surface area (Å²) < 4.78 is 33.1. The van der Waals surface area contributed by atoms with Crippen LogP contribution in [0.3, 0.4) is 0 Å². The molecule has 140 valence electrons. The minimum atomic E-state index is -3.46.